The van der Waals surface area contributed by atoms with Gasteiger partial charge in [0.25, 0.3) is 23.6 Å². The van der Waals surface area contributed by atoms with E-state index in [1.165, 1.54) is 86.2 Å². The second-order valence-corrected chi connectivity index (χ2v) is 37.2. The highest BCUT2D eigenvalue weighted by Gasteiger charge is 2.29. The number of sulfonamides is 4. The van der Waals surface area contributed by atoms with Crippen molar-refractivity contribution in [2.45, 2.75) is 154 Å². The summed E-state index contributed by atoms with van der Waals surface area (Å²) in [6.45, 7) is 7.97. The van der Waals surface area contributed by atoms with Crippen LogP contribution in [-0.2, 0) is 53.2 Å². The van der Waals surface area contributed by atoms with Crippen molar-refractivity contribution in [2.24, 2.45) is 0 Å². The lowest BCUT2D eigenvalue weighted by Crippen LogP contribution is -2.20. The molecule has 5 aromatic carbocycles. The number of benzene rings is 5. The molecule has 12 N–H and O–H groups in total. The van der Waals surface area contributed by atoms with E-state index < -0.39 is 109 Å². The molecule has 126 heavy (non-hydrogen) atoms. The first kappa shape index (κ1) is 108. The summed E-state index contributed by atoms with van der Waals surface area (Å²) in [6, 6.07) is 37.7. The molecule has 2 aliphatic carbocycles. The Bertz CT molecular complexity index is 5740. The highest BCUT2D eigenvalue weighted by atomic mass is 35.5. The molecule has 12 rings (SSSR count). The number of nitrogens with one attached hydrogen (secondary N) is 12. The maximum atomic E-state index is 14.9. The lowest BCUT2D eigenvalue weighted by Gasteiger charge is -2.14. The molecular formula is C85H106Cl4F4N16O12S5. The smallest absolute Gasteiger partial charge is 0.260 e. The zero-order valence-electron chi connectivity index (χ0n) is 65.4. The normalized spacial score (nSPS) is 12.1. The lowest BCUT2D eigenvalue weighted by atomic mass is 10.1. The zero-order chi connectivity index (χ0) is 87.6. The fourth-order valence-corrected chi connectivity index (χ4v) is 17.5. The number of anilines is 12. The summed E-state index contributed by atoms with van der Waals surface area (Å²) in [5, 5.41) is 24.4. The molecule has 0 saturated heterocycles. The Morgan fingerprint density at radius 2 is 0.651 bits per heavy atom. The Kier molecular flexibility index (Phi) is 43.3. The van der Waals surface area contributed by atoms with E-state index in [9.17, 15) is 70.4 Å². The first-order chi connectivity index (χ1) is 57.6. The molecule has 0 atom stereocenters. The Balaban J connectivity index is 0.000000348. The van der Waals surface area contributed by atoms with E-state index in [2.05, 4.69) is 81.4 Å². The van der Waals surface area contributed by atoms with Gasteiger partial charge in [-0.3, -0.25) is 38.1 Å². The number of rotatable bonds is 34. The molecule has 0 unspecified atom stereocenters. The minimum Gasteiger partial charge on any atom is -0.367 e. The van der Waals surface area contributed by atoms with Crippen LogP contribution in [-0.4, -0.2) is 112 Å². The van der Waals surface area contributed by atoms with Crippen molar-refractivity contribution in [2.75, 3.05) is 84.4 Å². The number of pyridine rings is 4. The van der Waals surface area contributed by atoms with Crippen molar-refractivity contribution >= 4 is 190 Å². The molecule has 5 aromatic heterocycles. The number of aromatic nitrogens is 4. The maximum Gasteiger partial charge on any atom is 0.260 e. The van der Waals surface area contributed by atoms with Gasteiger partial charge >= 0.3 is 0 Å². The fraction of sp³-hybridized carbons (Fsp3) is 0.318. The van der Waals surface area contributed by atoms with Crippen molar-refractivity contribution in [3.8, 4) is 0 Å². The summed E-state index contributed by atoms with van der Waals surface area (Å²) in [6.07, 6.45) is 14.1. The average Bonchev–Trinajstić information content (AvgIpc) is 1.22. The van der Waals surface area contributed by atoms with Gasteiger partial charge < -0.3 is 42.5 Å². The van der Waals surface area contributed by atoms with Gasteiger partial charge in [0.15, 0.2) is 23.3 Å². The average molecular weight is 1920 g/mol. The number of halogens is 8. The van der Waals surface area contributed by atoms with Crippen LogP contribution in [0.25, 0.3) is 0 Å². The van der Waals surface area contributed by atoms with Crippen LogP contribution in [0.4, 0.5) is 86.3 Å². The van der Waals surface area contributed by atoms with Gasteiger partial charge in [-0.25, -0.2) is 71.2 Å². The van der Waals surface area contributed by atoms with Crippen LogP contribution in [0.15, 0.2) is 170 Å². The molecule has 684 valence electrons. The first-order valence-electron chi connectivity index (χ1n) is 37.8. The van der Waals surface area contributed by atoms with Gasteiger partial charge in [-0.15, -0.1) is 11.3 Å². The highest BCUT2D eigenvalue weighted by Crippen LogP contribution is 2.34. The molecule has 0 radical (unpaired) electrons. The monoisotopic (exact) mass is 1920 g/mol. The first-order valence-corrected chi connectivity index (χ1v) is 46.8. The quantitative estimate of drug-likeness (QED) is 0.0167. The number of nitrogens with zero attached hydrogens (tertiary/aromatic N) is 4. The Morgan fingerprint density at radius 3 is 0.913 bits per heavy atom. The molecule has 2 saturated carbocycles. The van der Waals surface area contributed by atoms with E-state index in [4.69, 9.17) is 46.4 Å². The van der Waals surface area contributed by atoms with Crippen LogP contribution in [0, 0.1) is 23.3 Å². The van der Waals surface area contributed by atoms with E-state index in [0.29, 0.717) is 96.9 Å². The van der Waals surface area contributed by atoms with Gasteiger partial charge in [0, 0.05) is 23.5 Å². The van der Waals surface area contributed by atoms with E-state index in [1.54, 1.807) is 87.6 Å². The number of amides is 4. The molecule has 2 aliphatic rings. The van der Waals surface area contributed by atoms with Gasteiger partial charge in [0.2, 0.25) is 40.1 Å². The number of hydrogen-bond donors (Lipinski definition) is 12. The van der Waals surface area contributed by atoms with Gasteiger partial charge in [-0.05, 0) is 165 Å². The topological polar surface area (TPSA) is 401 Å². The van der Waals surface area contributed by atoms with Gasteiger partial charge in [0.1, 0.15) is 23.3 Å². The summed E-state index contributed by atoms with van der Waals surface area (Å²) < 4.78 is 163. The van der Waals surface area contributed by atoms with Crippen LogP contribution in [0.3, 0.4) is 0 Å². The Hall–Kier alpha value is -10.6. The van der Waals surface area contributed by atoms with Gasteiger partial charge in [-0.2, -0.15) is 0 Å². The number of carbonyl (C=O) groups is 4. The second-order valence-electron chi connectivity index (χ2n) is 27.2. The van der Waals surface area contributed by atoms with Gasteiger partial charge in [0.05, 0.1) is 142 Å². The van der Waals surface area contributed by atoms with Crippen LogP contribution in [0.5, 0.6) is 0 Å². The van der Waals surface area contributed by atoms with E-state index >= 15 is 0 Å². The molecule has 0 spiro atoms. The number of carbonyl (C=O) groups excluding carboxylic acids is 4. The zero-order valence-corrected chi connectivity index (χ0v) is 72.5. The van der Waals surface area contributed by atoms with Crippen molar-refractivity contribution in [1.29, 1.82) is 0 Å². The molecule has 4 amide bonds. The third-order valence-electron chi connectivity index (χ3n) is 17.3. The Labute approximate surface area is 759 Å². The molecule has 41 heteroatoms. The maximum absolute atomic E-state index is 14.9. The van der Waals surface area contributed by atoms with Crippen LogP contribution < -0.4 is 61.4 Å². The lowest BCUT2D eigenvalue weighted by molar-refractivity contribution is 0.101. The number of thiophene rings is 1. The summed E-state index contributed by atoms with van der Waals surface area (Å²) in [5.74, 6) is -5.48. The second kappa shape index (κ2) is 50.6. The van der Waals surface area contributed by atoms with Gasteiger partial charge in [-0.1, -0.05) is 160 Å². The predicted octanol–water partition coefficient (Wildman–Crippen LogP) is 21.5. The van der Waals surface area contributed by atoms with Crippen LogP contribution in [0.1, 0.15) is 181 Å². The molecular weight excluding hydrogens is 1820 g/mol. The van der Waals surface area contributed by atoms with E-state index in [-0.39, 0.29) is 103 Å². The molecule has 28 nitrogen and oxygen atoms in total. The minimum absolute atomic E-state index is 0. The van der Waals surface area contributed by atoms with Crippen molar-refractivity contribution in [3.63, 3.8) is 0 Å². The fourth-order valence-electron chi connectivity index (χ4n) is 11.4. The van der Waals surface area contributed by atoms with E-state index in [1.807, 2.05) is 47.8 Å². The third kappa shape index (κ3) is 33.0. The van der Waals surface area contributed by atoms with Crippen LogP contribution >= 0.6 is 57.7 Å². The predicted molar refractivity (Wildman–Crippen MR) is 507 cm³/mol. The molecule has 0 bridgehead atoms. The van der Waals surface area contributed by atoms with Crippen LogP contribution in [0.2, 0.25) is 20.1 Å². The summed E-state index contributed by atoms with van der Waals surface area (Å²) in [7, 11) is -14.9. The van der Waals surface area contributed by atoms with Crippen molar-refractivity contribution < 1.29 is 70.4 Å². The third-order valence-corrected chi connectivity index (χ3v) is 25.3. The summed E-state index contributed by atoms with van der Waals surface area (Å²) in [4.78, 5) is 68.4. The summed E-state index contributed by atoms with van der Waals surface area (Å²) >= 11 is 25.6. The highest BCUT2D eigenvalue weighted by molar-refractivity contribution is 7.93. The SMILES string of the molecule is C.C.C.C.C.CCCS(=O)(=O)Nc1ccc(Cl)c(C(=O)Nc2ccc(NC3CC3)nc2)c1F.CCCS(=O)(=O)Nc1ccc(Cl)c(C(=O)Nc2ccc(NC3CCCC3)nc2)c1F.CCCS(=O)(=O)Nc1ccc(Cl)c(C(=O)Nc2ccc(NCc3ccccc3)nc2)c1F.CCCS(=O)(=O)Nc1ccc(Cl)c(C(=O)Nc2ccc(NCc3cccs3)nc2)c1F. The molecule has 10 aromatic rings. The minimum atomic E-state index is -3.73. The standard InChI is InChI=1S/C22H22ClFN4O3S.C20H20ClFN4O3S2.C20H24ClFN4O3S.C18H20ClFN4O3S.5CH4/c1-2-12-32(30,31)28-18-10-9-17(23)20(21(18)24)22(29)27-16-8-11-19(26-14-16)25-13-15-6-4-3-5-7-15;1-2-10-31(28,29)26-16-7-6-15(21)18(19(16)22)20(27)25-13-5-8-17(23-11-13)24-12-14-4-3-9-30-14;1-2-11-30(28,29)26-16-9-8-15(21)18(19(16)22)20(27)25-14-7-10-17(23-12-14)24-13-5-3-4-6-13;1-2-9-28(26,27)24-14-7-6-13(19)16(17(14)20)18(25)23-12-5-8-15(21-10-12)22-11-3-4-11;;;;;/h3-11,14,28H,2,12-13H2,1H3,(H,25,26)(H,27,29);3-9,11,26H,2,10,12H2,1H3,(H,23,24)(H,25,27);7-10,12-13,26H,2-6,11H2,1H3,(H,23,24)(H,25,27);5-8,10-11,24H,2-4,9H2,1H3,(H,21,22)(H,23,25);5*1H4. The van der Waals surface area contributed by atoms with Crippen molar-refractivity contribution in [1.82, 2.24) is 19.9 Å². The molecule has 5 heterocycles. The number of hydrogen-bond acceptors (Lipinski definition) is 21. The van der Waals surface area contributed by atoms with E-state index in [0.717, 1.165) is 36.1 Å². The molecule has 0 aliphatic heterocycles. The molecule has 2 fully saturated rings. The summed E-state index contributed by atoms with van der Waals surface area (Å²) in [5.41, 5.74) is -0.674. The largest absolute Gasteiger partial charge is 0.367 e. The van der Waals surface area contributed by atoms with Crippen molar-refractivity contribution in [3.05, 3.63) is 246 Å². The Morgan fingerprint density at radius 1 is 0.365 bits per heavy atom.